The summed E-state index contributed by atoms with van der Waals surface area (Å²) in [6, 6.07) is 9.43. The van der Waals surface area contributed by atoms with E-state index < -0.39 is 86.4 Å². The number of amides is 1. The smallest absolute Gasteiger partial charge is 0.340 e. The Bertz CT molecular complexity index is 2970. The number of nitrogens with zero attached hydrogens (tertiary/aromatic N) is 7. The molecule has 84 heavy (non-hydrogen) atoms. The predicted octanol–water partition coefficient (Wildman–Crippen LogP) is 2.58. The summed E-state index contributed by atoms with van der Waals surface area (Å²) in [7, 11) is -9.75. The van der Waals surface area contributed by atoms with Gasteiger partial charge in [0.25, 0.3) is 0 Å². The maximum atomic E-state index is 13.6. The second-order valence-corrected chi connectivity index (χ2v) is 23.0. The van der Waals surface area contributed by atoms with Crippen molar-refractivity contribution in [1.29, 1.82) is 0 Å². The van der Waals surface area contributed by atoms with Gasteiger partial charge in [-0.3, -0.25) is 18.7 Å². The van der Waals surface area contributed by atoms with Crippen molar-refractivity contribution >= 4 is 55.5 Å². The quantitative estimate of drug-likeness (QED) is 0.00974. The van der Waals surface area contributed by atoms with Crippen LogP contribution in [0.4, 0.5) is 19.0 Å². The minimum absolute atomic E-state index is 0.0573. The molecule has 2 aromatic carbocycles. The Kier molecular flexibility index (Phi) is 25.7. The zero-order valence-corrected chi connectivity index (χ0v) is 47.6. The molecule has 1 aliphatic heterocycles. The van der Waals surface area contributed by atoms with Crippen LogP contribution in [0.3, 0.4) is 0 Å². The van der Waals surface area contributed by atoms with Gasteiger partial charge in [0.05, 0.1) is 142 Å². The maximum absolute atomic E-state index is 13.6. The normalized spacial score (nSPS) is 19.7. The largest absolute Gasteiger partial charge is 0.420 e. The summed E-state index contributed by atoms with van der Waals surface area (Å²) in [6.07, 6.45) is -3.23. The maximum Gasteiger partial charge on any atom is 0.340 e. The molecule has 1 aliphatic carbocycles. The lowest BCUT2D eigenvalue weighted by molar-refractivity contribution is -0.136. The van der Waals surface area contributed by atoms with Gasteiger partial charge in [0, 0.05) is 31.5 Å². The molecule has 2 fully saturated rings. The lowest BCUT2D eigenvalue weighted by Gasteiger charge is -2.21. The van der Waals surface area contributed by atoms with E-state index in [0.717, 1.165) is 10.2 Å². The van der Waals surface area contributed by atoms with Crippen LogP contribution in [0.1, 0.15) is 42.8 Å². The standard InChI is InChI=1S/C49H65ClF3N9O20P2/c50-48-57-45(35-27-55-62(46(35)58-48)47-42(65)44(66)49(81-47)26-39(49)82-84(70,71)31-83(67,68)69)56-38(32-4-2-1-3-5-32)28-54-40(63)6-9-72-12-15-75-20-21-78-22-23-79-30-34-29-61(60-59-34)8-11-74-14-17-77-19-18-76-16-13-73-10-7-41(64)80-43-36(52)24-33(51)25-37(43)53/h1-5,24-25,27,29,38-39,42,44,47,65-66H,6-23,26,28,30-31H2,(H,54,63)(H,70,71)(H,56,57,58)(H2,67,68,69)/t38-,39?,42-,44+,47-,49?/m1/s1. The highest BCUT2D eigenvalue weighted by Crippen LogP contribution is 2.63. The number of benzene rings is 2. The summed E-state index contributed by atoms with van der Waals surface area (Å²) >= 11 is 6.38. The fourth-order valence-corrected chi connectivity index (χ4v) is 11.2. The summed E-state index contributed by atoms with van der Waals surface area (Å²) in [5.74, 6) is -7.20. The van der Waals surface area contributed by atoms with E-state index in [1.54, 1.807) is 10.9 Å². The Morgan fingerprint density at radius 3 is 2.00 bits per heavy atom. The van der Waals surface area contributed by atoms with Crippen LogP contribution in [0.25, 0.3) is 11.0 Å². The summed E-state index contributed by atoms with van der Waals surface area (Å²) in [6.45, 7) is 4.79. The number of aliphatic hydroxyl groups excluding tert-OH is 2. The van der Waals surface area contributed by atoms with E-state index in [9.17, 15) is 56.8 Å². The summed E-state index contributed by atoms with van der Waals surface area (Å²) < 4.78 is 126. The van der Waals surface area contributed by atoms with Gasteiger partial charge < -0.3 is 87.4 Å². The molecule has 1 saturated carbocycles. The van der Waals surface area contributed by atoms with E-state index in [-0.39, 0.29) is 94.7 Å². The first-order valence-electron chi connectivity index (χ1n) is 26.2. The van der Waals surface area contributed by atoms with E-state index in [4.69, 9.17) is 58.8 Å². The monoisotopic (exact) mass is 1250 g/mol. The number of nitrogens with one attached hydrogen (secondary N) is 2. The molecule has 1 spiro atoms. The molecule has 4 heterocycles. The predicted molar refractivity (Wildman–Crippen MR) is 284 cm³/mol. The molecule has 7 rings (SSSR count). The first-order chi connectivity index (χ1) is 40.3. The van der Waals surface area contributed by atoms with Crippen LogP contribution in [-0.4, -0.2) is 207 Å². The minimum atomic E-state index is -4.93. The van der Waals surface area contributed by atoms with Gasteiger partial charge in [-0.2, -0.15) is 15.1 Å². The molecule has 1 saturated heterocycles. The molecule has 0 bridgehead atoms. The van der Waals surface area contributed by atoms with Gasteiger partial charge in [-0.1, -0.05) is 35.5 Å². The number of aliphatic hydroxyl groups is 2. The summed E-state index contributed by atoms with van der Waals surface area (Å²) in [5.41, 5.74) is -0.188. The van der Waals surface area contributed by atoms with Gasteiger partial charge in [-0.25, -0.2) is 22.5 Å². The van der Waals surface area contributed by atoms with Gasteiger partial charge in [-0.05, 0) is 17.2 Å². The number of ether oxygens (including phenoxy) is 10. The summed E-state index contributed by atoms with van der Waals surface area (Å²) in [4.78, 5) is 61.7. The summed E-state index contributed by atoms with van der Waals surface area (Å²) in [5, 5.41) is 40.8. The van der Waals surface area contributed by atoms with Crippen molar-refractivity contribution in [3.8, 4) is 5.75 Å². The van der Waals surface area contributed by atoms with Gasteiger partial charge in [0.1, 0.15) is 41.2 Å². The number of anilines is 1. The zero-order valence-electron chi connectivity index (χ0n) is 45.0. The molecule has 29 nitrogen and oxygen atoms in total. The lowest BCUT2D eigenvalue weighted by Crippen LogP contribution is -2.35. The van der Waals surface area contributed by atoms with Gasteiger partial charge in [-0.15, -0.1) is 5.10 Å². The van der Waals surface area contributed by atoms with Crippen LogP contribution in [0.5, 0.6) is 5.75 Å². The van der Waals surface area contributed by atoms with E-state index in [1.807, 2.05) is 30.3 Å². The van der Waals surface area contributed by atoms with Crippen molar-refractivity contribution < 1.29 is 109 Å². The molecule has 35 heteroatoms. The molecule has 0 radical (unpaired) electrons. The Morgan fingerprint density at radius 2 is 1.38 bits per heavy atom. The van der Waals surface area contributed by atoms with Crippen molar-refractivity contribution in [2.75, 3.05) is 117 Å². The molecular formula is C49H65ClF3N9O20P2. The van der Waals surface area contributed by atoms with Crippen LogP contribution >= 0.6 is 26.8 Å². The number of aromatic nitrogens is 7. The Morgan fingerprint density at radius 1 is 0.798 bits per heavy atom. The number of carbonyl (C=O) groups excluding carboxylic acids is 2. The van der Waals surface area contributed by atoms with Gasteiger partial charge in [0.15, 0.2) is 29.4 Å². The van der Waals surface area contributed by atoms with Crippen LogP contribution in [0.15, 0.2) is 54.9 Å². The third kappa shape index (κ3) is 20.8. The SMILES string of the molecule is O=C(CCOCCOCCOCCOCc1cn(CCOCCOCCOCCOCCC(=O)Oc2c(F)cc(F)cc2F)nn1)NC[C@@H](Nc1nc(Cl)nc2c1cnn2[C@@H]1OC2(CC2OP(=O)(O)CP(=O)(O)O)[C@@H](O)[C@H]1O)c1ccccc1. The van der Waals surface area contributed by atoms with Crippen molar-refractivity contribution in [3.05, 3.63) is 88.9 Å². The number of hydrogen-bond acceptors (Lipinski definition) is 23. The first-order valence-corrected chi connectivity index (χ1v) is 30.2. The second kappa shape index (κ2) is 32.5. The van der Waals surface area contributed by atoms with Crippen LogP contribution in [0.2, 0.25) is 5.28 Å². The fraction of sp³-hybridized carbons (Fsp3) is 0.571. The van der Waals surface area contributed by atoms with Crippen molar-refractivity contribution in [2.24, 2.45) is 0 Å². The average molecular weight is 1250 g/mol. The molecule has 3 unspecified atom stereocenters. The minimum Gasteiger partial charge on any atom is -0.420 e. The molecular weight excluding hydrogens is 1190 g/mol. The Balaban J connectivity index is 0.676. The number of rotatable bonds is 40. The number of esters is 1. The van der Waals surface area contributed by atoms with Crippen molar-refractivity contribution in [1.82, 2.24) is 40.1 Å². The molecule has 5 aromatic rings. The molecule has 7 atom stereocenters. The topological polar surface area (TPSA) is 369 Å². The lowest BCUT2D eigenvalue weighted by atomic mass is 10.1. The number of hydrogen-bond donors (Lipinski definition) is 7. The average Bonchev–Trinajstić information content (AvgIpc) is 1.80. The Hall–Kier alpha value is -5.19. The third-order valence-electron chi connectivity index (χ3n) is 12.3. The van der Waals surface area contributed by atoms with Crippen LogP contribution in [-0.2, 0) is 79.0 Å². The van der Waals surface area contributed by atoms with Gasteiger partial charge >= 0.3 is 21.2 Å². The Labute approximate surface area is 482 Å². The van der Waals surface area contributed by atoms with Gasteiger partial charge in [0.2, 0.25) is 16.9 Å². The molecule has 464 valence electrons. The molecule has 2 aliphatic rings. The van der Waals surface area contributed by atoms with Crippen molar-refractivity contribution in [3.63, 3.8) is 0 Å². The number of carbonyl (C=O) groups is 2. The van der Waals surface area contributed by atoms with Crippen molar-refractivity contribution in [2.45, 2.75) is 68.6 Å². The number of halogens is 4. The first kappa shape index (κ1) is 66.3. The highest BCUT2D eigenvalue weighted by atomic mass is 35.5. The fourth-order valence-electron chi connectivity index (χ4n) is 8.25. The molecule has 1 amide bonds. The zero-order chi connectivity index (χ0) is 60.1. The number of fused-ring (bicyclic) bond motifs is 1. The third-order valence-corrected chi connectivity index (χ3v) is 16.0. The molecule has 3 aromatic heterocycles. The van der Waals surface area contributed by atoms with Crippen LogP contribution < -0.4 is 15.4 Å². The van der Waals surface area contributed by atoms with E-state index >= 15 is 0 Å². The van der Waals surface area contributed by atoms with E-state index in [2.05, 4.69) is 40.7 Å². The van der Waals surface area contributed by atoms with E-state index in [1.165, 1.54) is 6.20 Å². The van der Waals surface area contributed by atoms with Crippen LogP contribution in [0, 0.1) is 17.5 Å². The highest BCUT2D eigenvalue weighted by Gasteiger charge is 2.71. The molecule has 7 N–H and O–H groups in total. The highest BCUT2D eigenvalue weighted by molar-refractivity contribution is 7.70. The van der Waals surface area contributed by atoms with E-state index in [0.29, 0.717) is 89.2 Å². The second-order valence-electron chi connectivity index (χ2n) is 18.7.